The number of carboxylic acid groups (broad SMARTS) is 2. The summed E-state index contributed by atoms with van der Waals surface area (Å²) in [6.07, 6.45) is 4.03. The number of nitrogens with one attached hydrogen (secondary N) is 2. The molecule has 0 aliphatic carbocycles. The monoisotopic (exact) mass is 397 g/mol. The van der Waals surface area contributed by atoms with E-state index in [0.717, 1.165) is 34.9 Å². The molecule has 3 rings (SSSR count). The highest BCUT2D eigenvalue weighted by molar-refractivity contribution is 7.17. The van der Waals surface area contributed by atoms with Crippen LogP contribution in [-0.2, 0) is 29.1 Å². The first-order chi connectivity index (χ1) is 12.0. The molecule has 2 aromatic heterocycles. The van der Waals surface area contributed by atoms with E-state index < -0.39 is 17.8 Å². The highest BCUT2D eigenvalue weighted by atomic mass is 35.5. The van der Waals surface area contributed by atoms with E-state index in [1.807, 2.05) is 12.1 Å². The topological polar surface area (TPSA) is 121 Å². The van der Waals surface area contributed by atoms with Crippen LogP contribution in [0.5, 0.6) is 0 Å². The van der Waals surface area contributed by atoms with Crippen LogP contribution in [0.3, 0.4) is 0 Å². The summed E-state index contributed by atoms with van der Waals surface area (Å²) in [6, 6.07) is 3.89. The first-order valence-electron chi connectivity index (χ1n) is 7.60. The van der Waals surface area contributed by atoms with Crippen LogP contribution in [0.25, 0.3) is 0 Å². The minimum atomic E-state index is -1.65. The van der Waals surface area contributed by atoms with Crippen LogP contribution >= 0.6 is 11.3 Å². The van der Waals surface area contributed by atoms with E-state index in [2.05, 4.69) is 10.3 Å². The Labute approximate surface area is 158 Å². The second kappa shape index (κ2) is 8.26. The molecule has 2 aromatic rings. The van der Waals surface area contributed by atoms with Crippen molar-refractivity contribution in [2.24, 2.45) is 0 Å². The molecular weight excluding hydrogens is 382 g/mol. The van der Waals surface area contributed by atoms with Gasteiger partial charge in [0.1, 0.15) is 18.1 Å². The Balaban J connectivity index is 0.00000243. The van der Waals surface area contributed by atoms with Crippen LogP contribution in [0.1, 0.15) is 26.4 Å². The van der Waals surface area contributed by atoms with Gasteiger partial charge in [-0.15, -0.1) is 11.3 Å². The number of aliphatic carboxylic acids is 1. The maximum absolute atomic E-state index is 11.6. The van der Waals surface area contributed by atoms with Crippen molar-refractivity contribution in [1.82, 2.24) is 4.98 Å². The Morgan fingerprint density at radius 3 is 2.54 bits per heavy atom. The molecule has 0 saturated heterocycles. The highest BCUT2D eigenvalue weighted by Gasteiger charge is 2.31. The van der Waals surface area contributed by atoms with Crippen molar-refractivity contribution in [1.29, 1.82) is 0 Å². The van der Waals surface area contributed by atoms with Gasteiger partial charge in [0, 0.05) is 24.4 Å². The van der Waals surface area contributed by atoms with Crippen LogP contribution in [-0.4, -0.2) is 39.6 Å². The molecule has 0 saturated carbocycles. The molecule has 3 heterocycles. The summed E-state index contributed by atoms with van der Waals surface area (Å²) in [5, 5.41) is 20.5. The fraction of sp³-hybridized carbons (Fsp3) is 0.250. The second-order valence-electron chi connectivity index (χ2n) is 5.73. The van der Waals surface area contributed by atoms with Crippen LogP contribution in [0, 0.1) is 0 Å². The quantitative estimate of drug-likeness (QED) is 0.408. The Bertz CT molecular complexity index is 840. The van der Waals surface area contributed by atoms with Gasteiger partial charge in [-0.1, -0.05) is 0 Å². The Morgan fingerprint density at radius 1 is 1.23 bits per heavy atom. The maximum atomic E-state index is 11.6. The Hall–Kier alpha value is -2.49. The van der Waals surface area contributed by atoms with Crippen LogP contribution < -0.4 is 22.6 Å². The summed E-state index contributed by atoms with van der Waals surface area (Å²) < 4.78 is 0. The number of nitrogens with zero attached hydrogens (tertiary/aromatic N) is 1. The Kier molecular flexibility index (Phi) is 6.30. The lowest BCUT2D eigenvalue weighted by atomic mass is 10.0. The first-order valence-corrected chi connectivity index (χ1v) is 8.42. The number of halogens is 1. The third-order valence-corrected chi connectivity index (χ3v) is 5.22. The second-order valence-corrected chi connectivity index (χ2v) is 6.84. The molecular formula is C16H16ClN3O5S. The number of hydrogen-bond donors (Lipinski definition) is 4. The van der Waals surface area contributed by atoms with E-state index in [-0.39, 0.29) is 23.0 Å². The smallest absolute Gasteiger partial charge is 0.394 e. The third kappa shape index (κ3) is 4.18. The van der Waals surface area contributed by atoms with Crippen molar-refractivity contribution >= 4 is 34.2 Å². The summed E-state index contributed by atoms with van der Waals surface area (Å²) in [6.45, 7) is 2.18. The van der Waals surface area contributed by atoms with Crippen molar-refractivity contribution in [3.63, 3.8) is 0 Å². The van der Waals surface area contributed by atoms with Gasteiger partial charge in [0.15, 0.2) is 0 Å². The fourth-order valence-corrected chi connectivity index (χ4v) is 4.25. The summed E-state index contributed by atoms with van der Waals surface area (Å²) >= 11 is 1.14. The molecule has 10 heteroatoms. The van der Waals surface area contributed by atoms with Crippen molar-refractivity contribution < 1.29 is 41.9 Å². The number of quaternary nitrogens is 1. The van der Waals surface area contributed by atoms with Gasteiger partial charge in [0.2, 0.25) is 0 Å². The van der Waals surface area contributed by atoms with E-state index in [4.69, 9.17) is 5.11 Å². The van der Waals surface area contributed by atoms with Gasteiger partial charge in [-0.2, -0.15) is 0 Å². The molecule has 1 atom stereocenters. The molecule has 1 unspecified atom stereocenters. The van der Waals surface area contributed by atoms with Gasteiger partial charge in [-0.05, 0) is 17.7 Å². The van der Waals surface area contributed by atoms with Crippen molar-refractivity contribution in [3.8, 4) is 0 Å². The number of rotatable bonds is 4. The number of carboxylic acids is 2. The van der Waals surface area contributed by atoms with Gasteiger partial charge in [-0.3, -0.25) is 9.78 Å². The first kappa shape index (κ1) is 19.8. The van der Waals surface area contributed by atoms with E-state index >= 15 is 0 Å². The maximum Gasteiger partial charge on any atom is 0.394 e. The van der Waals surface area contributed by atoms with Crippen LogP contribution in [0.2, 0.25) is 0 Å². The van der Waals surface area contributed by atoms with E-state index in [1.54, 1.807) is 12.4 Å². The number of thiophene rings is 1. The summed E-state index contributed by atoms with van der Waals surface area (Å²) in [5.41, 5.74) is 1.84. The molecule has 26 heavy (non-hydrogen) atoms. The lowest BCUT2D eigenvalue weighted by molar-refractivity contribution is -0.929. The average molecular weight is 398 g/mol. The zero-order chi connectivity index (χ0) is 18.0. The van der Waals surface area contributed by atoms with Crippen molar-refractivity contribution in [3.05, 3.63) is 46.1 Å². The molecule has 8 nitrogen and oxygen atoms in total. The molecule has 138 valence electrons. The zero-order valence-electron chi connectivity index (χ0n) is 13.5. The minimum Gasteiger partial charge on any atom is -1.00 e. The molecule has 0 radical (unpaired) electrons. The number of anilines is 1. The molecule has 0 bridgehead atoms. The number of pyridine rings is 1. The normalized spacial score (nSPS) is 15.5. The molecule has 1 aliphatic heterocycles. The average Bonchev–Trinajstić information content (AvgIpc) is 2.92. The van der Waals surface area contributed by atoms with E-state index in [1.165, 1.54) is 4.90 Å². The van der Waals surface area contributed by atoms with Gasteiger partial charge in [0.05, 0.1) is 17.0 Å². The highest BCUT2D eigenvalue weighted by Crippen LogP contribution is 2.34. The predicted molar refractivity (Wildman–Crippen MR) is 88.7 cm³/mol. The number of aromatic carboxylic acids is 1. The summed E-state index contributed by atoms with van der Waals surface area (Å²) in [4.78, 5) is 39.8. The number of hydrogen-bond acceptors (Lipinski definition) is 5. The molecule has 4 N–H and O–H groups in total. The van der Waals surface area contributed by atoms with Gasteiger partial charge >= 0.3 is 17.8 Å². The van der Waals surface area contributed by atoms with Crippen LogP contribution in [0.15, 0.2) is 24.5 Å². The van der Waals surface area contributed by atoms with Gasteiger partial charge in [0.25, 0.3) is 0 Å². The molecule has 0 aromatic carbocycles. The zero-order valence-corrected chi connectivity index (χ0v) is 15.1. The number of amides is 1. The summed E-state index contributed by atoms with van der Waals surface area (Å²) in [7, 11) is 0. The van der Waals surface area contributed by atoms with Crippen molar-refractivity contribution in [2.75, 3.05) is 11.9 Å². The molecule has 1 aliphatic rings. The number of aromatic nitrogens is 1. The predicted octanol–water partition coefficient (Wildman–Crippen LogP) is -2.99. The number of carbonyl (C=O) groups excluding carboxylic acids is 1. The lowest BCUT2D eigenvalue weighted by Gasteiger charge is -2.24. The Morgan fingerprint density at radius 2 is 1.92 bits per heavy atom. The third-order valence-electron chi connectivity index (χ3n) is 4.07. The van der Waals surface area contributed by atoms with Crippen LogP contribution in [0.4, 0.5) is 5.00 Å². The van der Waals surface area contributed by atoms with Gasteiger partial charge < -0.3 is 32.8 Å². The molecule has 0 spiro atoms. The van der Waals surface area contributed by atoms with Gasteiger partial charge in [-0.25, -0.2) is 9.59 Å². The largest absolute Gasteiger partial charge is 1.00 e. The van der Waals surface area contributed by atoms with E-state index in [0.29, 0.717) is 18.5 Å². The molecule has 1 amide bonds. The van der Waals surface area contributed by atoms with E-state index in [9.17, 15) is 19.5 Å². The standard InChI is InChI=1S/C16H15N3O5S.ClH/c20-13(16(23)24)18-14-12(15(21)22)10-3-6-19(8-11(10)25-14)7-9-1-4-17-5-2-9;/h1-2,4-5H,3,6-8H2,(H,18,20)(H,21,22)(H,23,24);1H. The summed E-state index contributed by atoms with van der Waals surface area (Å²) in [5.74, 6) is -4.04. The lowest BCUT2D eigenvalue weighted by Crippen LogP contribution is -3.10. The number of carbonyl (C=O) groups is 3. The van der Waals surface area contributed by atoms with Crippen molar-refractivity contribution in [2.45, 2.75) is 19.5 Å². The fourth-order valence-electron chi connectivity index (χ4n) is 2.95. The minimum absolute atomic E-state index is 0. The molecule has 0 fully saturated rings. The SMILES string of the molecule is O=C(O)C(=O)Nc1sc2c(c1C(=O)O)CC[NH+](Cc1ccncc1)C2.[Cl-]. The number of fused-ring (bicyclic) bond motifs is 1.